The van der Waals surface area contributed by atoms with Crippen LogP contribution in [0.4, 0.5) is 0 Å². The van der Waals surface area contributed by atoms with E-state index in [9.17, 15) is 14.7 Å². The molecule has 1 N–H and O–H groups in total. The van der Waals surface area contributed by atoms with Gasteiger partial charge in [0.25, 0.3) is 0 Å². The van der Waals surface area contributed by atoms with Crippen LogP contribution in [0.3, 0.4) is 0 Å². The lowest BCUT2D eigenvalue weighted by molar-refractivity contribution is -0.142. The Morgan fingerprint density at radius 1 is 1.55 bits per heavy atom. The minimum atomic E-state index is -0.944. The lowest BCUT2D eigenvalue weighted by atomic mass is 9.93. The Bertz CT molecular complexity index is 549. The third kappa shape index (κ3) is 2.83. The molecule has 2 atom stereocenters. The van der Waals surface area contributed by atoms with Crippen LogP contribution in [-0.2, 0) is 9.59 Å². The molecule has 6 heteroatoms. The van der Waals surface area contributed by atoms with E-state index in [0.717, 1.165) is 16.5 Å². The van der Waals surface area contributed by atoms with Crippen LogP contribution in [0.1, 0.15) is 31.4 Å². The van der Waals surface area contributed by atoms with E-state index in [2.05, 4.69) is 15.9 Å². The molecule has 4 nitrogen and oxygen atoms in total. The molecule has 2 rings (SSSR count). The molecule has 1 aliphatic heterocycles. The van der Waals surface area contributed by atoms with Crippen LogP contribution in [0, 0.1) is 5.92 Å². The molecule has 1 aromatic rings. The topological polar surface area (TPSA) is 57.6 Å². The Kier molecular flexibility index (Phi) is 4.70. The van der Waals surface area contributed by atoms with Crippen LogP contribution >= 0.6 is 27.5 Å². The standard InChI is InChI=1S/C14H15BrClNO3/c1-2-5-17-12(18)7-9(14(19)20)13(17)8-3-4-10(15)11(16)6-8/h3-4,6,9,13H,2,5,7H2,1H3,(H,19,20). The highest BCUT2D eigenvalue weighted by Crippen LogP contribution is 2.40. The number of benzene rings is 1. The lowest BCUT2D eigenvalue weighted by Gasteiger charge is -2.27. The zero-order chi connectivity index (χ0) is 14.9. The number of hydrogen-bond acceptors (Lipinski definition) is 2. The summed E-state index contributed by atoms with van der Waals surface area (Å²) in [5.41, 5.74) is 0.768. The van der Waals surface area contributed by atoms with Gasteiger partial charge in [-0.3, -0.25) is 9.59 Å². The summed E-state index contributed by atoms with van der Waals surface area (Å²) < 4.78 is 0.751. The Balaban J connectivity index is 2.43. The largest absolute Gasteiger partial charge is 0.481 e. The first kappa shape index (κ1) is 15.3. The number of hydrogen-bond donors (Lipinski definition) is 1. The van der Waals surface area contributed by atoms with Gasteiger partial charge >= 0.3 is 5.97 Å². The Morgan fingerprint density at radius 2 is 2.25 bits per heavy atom. The van der Waals surface area contributed by atoms with Crippen LogP contribution < -0.4 is 0 Å². The van der Waals surface area contributed by atoms with Crippen molar-refractivity contribution in [2.24, 2.45) is 5.92 Å². The second-order valence-electron chi connectivity index (χ2n) is 4.85. The number of amides is 1. The molecule has 0 aromatic heterocycles. The van der Waals surface area contributed by atoms with Crippen molar-refractivity contribution in [3.05, 3.63) is 33.3 Å². The van der Waals surface area contributed by atoms with E-state index >= 15 is 0 Å². The van der Waals surface area contributed by atoms with Gasteiger partial charge in [-0.15, -0.1) is 0 Å². The molecule has 1 fully saturated rings. The molecule has 1 amide bonds. The van der Waals surface area contributed by atoms with Crippen molar-refractivity contribution in [1.82, 2.24) is 4.90 Å². The van der Waals surface area contributed by atoms with E-state index in [1.807, 2.05) is 13.0 Å². The SMILES string of the molecule is CCCN1C(=O)CC(C(=O)O)C1c1ccc(Br)c(Cl)c1. The molecule has 2 unspecified atom stereocenters. The number of aliphatic carboxylic acids is 1. The zero-order valence-corrected chi connectivity index (χ0v) is 13.3. The lowest BCUT2D eigenvalue weighted by Crippen LogP contribution is -2.31. The van der Waals surface area contributed by atoms with E-state index in [0.29, 0.717) is 11.6 Å². The molecule has 108 valence electrons. The number of likely N-dealkylation sites (tertiary alicyclic amines) is 1. The van der Waals surface area contributed by atoms with E-state index in [4.69, 9.17) is 11.6 Å². The first-order chi connectivity index (χ1) is 9.45. The maximum atomic E-state index is 12.0. The number of carboxylic acid groups (broad SMARTS) is 1. The highest BCUT2D eigenvalue weighted by molar-refractivity contribution is 9.10. The van der Waals surface area contributed by atoms with Gasteiger partial charge in [0.15, 0.2) is 0 Å². The van der Waals surface area contributed by atoms with Crippen molar-refractivity contribution in [3.8, 4) is 0 Å². The monoisotopic (exact) mass is 359 g/mol. The number of carboxylic acids is 1. The van der Waals surface area contributed by atoms with Gasteiger partial charge in [-0.25, -0.2) is 0 Å². The van der Waals surface area contributed by atoms with Crippen LogP contribution in [0.5, 0.6) is 0 Å². The summed E-state index contributed by atoms with van der Waals surface area (Å²) in [7, 11) is 0. The average molecular weight is 361 g/mol. The molecule has 20 heavy (non-hydrogen) atoms. The van der Waals surface area contributed by atoms with Gasteiger partial charge < -0.3 is 10.0 Å². The third-order valence-electron chi connectivity index (χ3n) is 3.50. The number of halogens is 2. The summed E-state index contributed by atoms with van der Waals surface area (Å²) in [4.78, 5) is 25.1. The van der Waals surface area contributed by atoms with Crippen LogP contribution in [-0.4, -0.2) is 28.4 Å². The fraction of sp³-hybridized carbons (Fsp3) is 0.429. The van der Waals surface area contributed by atoms with E-state index in [-0.39, 0.29) is 12.3 Å². The zero-order valence-electron chi connectivity index (χ0n) is 11.0. The molecule has 1 heterocycles. The Labute approximate surface area is 130 Å². The molecular weight excluding hydrogens is 346 g/mol. The Morgan fingerprint density at radius 3 is 2.80 bits per heavy atom. The van der Waals surface area contributed by atoms with Gasteiger partial charge in [0.2, 0.25) is 5.91 Å². The van der Waals surface area contributed by atoms with Crippen molar-refractivity contribution in [3.63, 3.8) is 0 Å². The molecule has 1 aromatic carbocycles. The fourth-order valence-corrected chi connectivity index (χ4v) is 3.06. The molecule has 1 aliphatic rings. The maximum Gasteiger partial charge on any atom is 0.309 e. The third-order valence-corrected chi connectivity index (χ3v) is 4.73. The van der Waals surface area contributed by atoms with Crippen LogP contribution in [0.15, 0.2) is 22.7 Å². The van der Waals surface area contributed by atoms with Crippen molar-refractivity contribution in [2.45, 2.75) is 25.8 Å². The molecule has 0 aliphatic carbocycles. The second-order valence-corrected chi connectivity index (χ2v) is 6.12. The van der Waals surface area contributed by atoms with Crippen molar-refractivity contribution >= 4 is 39.4 Å². The van der Waals surface area contributed by atoms with Gasteiger partial charge in [-0.05, 0) is 40.0 Å². The van der Waals surface area contributed by atoms with E-state index in [1.54, 1.807) is 17.0 Å². The van der Waals surface area contributed by atoms with Gasteiger partial charge in [0.1, 0.15) is 0 Å². The summed E-state index contributed by atoms with van der Waals surface area (Å²) >= 11 is 9.39. The fourth-order valence-electron chi connectivity index (χ4n) is 2.63. The number of rotatable bonds is 4. The summed E-state index contributed by atoms with van der Waals surface area (Å²) in [6.45, 7) is 2.52. The van der Waals surface area contributed by atoms with E-state index < -0.39 is 17.9 Å². The normalized spacial score (nSPS) is 22.4. The second kappa shape index (κ2) is 6.14. The number of carbonyl (C=O) groups excluding carboxylic acids is 1. The number of carbonyl (C=O) groups is 2. The summed E-state index contributed by atoms with van der Waals surface area (Å²) in [6.07, 6.45) is 0.840. The van der Waals surface area contributed by atoms with Crippen molar-refractivity contribution in [1.29, 1.82) is 0 Å². The molecule has 1 saturated heterocycles. The average Bonchev–Trinajstić information content (AvgIpc) is 2.71. The van der Waals surface area contributed by atoms with Crippen molar-refractivity contribution in [2.75, 3.05) is 6.54 Å². The maximum absolute atomic E-state index is 12.0. The molecule has 0 radical (unpaired) electrons. The van der Waals surface area contributed by atoms with Gasteiger partial charge in [0, 0.05) is 17.4 Å². The van der Waals surface area contributed by atoms with Crippen LogP contribution in [0.2, 0.25) is 5.02 Å². The molecule has 0 spiro atoms. The predicted molar refractivity (Wildman–Crippen MR) is 79.6 cm³/mol. The first-order valence-electron chi connectivity index (χ1n) is 6.43. The van der Waals surface area contributed by atoms with Gasteiger partial charge in [0.05, 0.1) is 17.0 Å². The highest BCUT2D eigenvalue weighted by atomic mass is 79.9. The van der Waals surface area contributed by atoms with Gasteiger partial charge in [-0.2, -0.15) is 0 Å². The Hall–Kier alpha value is -1.07. The summed E-state index contributed by atoms with van der Waals surface area (Å²) in [6, 6.07) is 4.89. The molecular formula is C14H15BrClNO3. The molecule has 0 bridgehead atoms. The minimum Gasteiger partial charge on any atom is -0.481 e. The smallest absolute Gasteiger partial charge is 0.309 e. The van der Waals surface area contributed by atoms with Crippen LogP contribution in [0.25, 0.3) is 0 Å². The van der Waals surface area contributed by atoms with E-state index in [1.165, 1.54) is 0 Å². The predicted octanol–water partition coefficient (Wildman–Crippen LogP) is 3.49. The summed E-state index contributed by atoms with van der Waals surface area (Å²) in [5, 5.41) is 9.87. The first-order valence-corrected chi connectivity index (χ1v) is 7.60. The highest BCUT2D eigenvalue weighted by Gasteiger charge is 2.44. The van der Waals surface area contributed by atoms with Crippen molar-refractivity contribution < 1.29 is 14.7 Å². The quantitative estimate of drug-likeness (QED) is 0.894. The molecule has 0 saturated carbocycles. The number of nitrogens with zero attached hydrogens (tertiary/aromatic N) is 1. The van der Waals surface area contributed by atoms with Gasteiger partial charge in [-0.1, -0.05) is 24.6 Å². The minimum absolute atomic E-state index is 0.0493. The summed E-state index contributed by atoms with van der Waals surface area (Å²) in [5.74, 6) is -1.77.